The zero-order chi connectivity index (χ0) is 49.1. The van der Waals surface area contributed by atoms with E-state index in [1.165, 1.54) is 35.3 Å². The third kappa shape index (κ3) is 13.4. The number of carbonyl (C=O) groups excluding carboxylic acids is 3. The average Bonchev–Trinajstić information content (AvgIpc) is 4.03. The molecule has 3 amide bonds. The minimum absolute atomic E-state index is 0.0216. The number of hydrogen-bond acceptors (Lipinski definition) is 12. The fourth-order valence-corrected chi connectivity index (χ4v) is 12.6. The monoisotopic (exact) mass is 972 g/mol. The molecule has 3 aromatic rings. The lowest BCUT2D eigenvalue weighted by Crippen LogP contribution is -2.54. The lowest BCUT2D eigenvalue weighted by Gasteiger charge is -2.53. The zero-order valence-corrected chi connectivity index (χ0v) is 42.2. The highest BCUT2D eigenvalue weighted by Gasteiger charge is 2.56. The molecule has 5 N–H and O–H groups in total. The van der Waals surface area contributed by atoms with Crippen LogP contribution in [0.2, 0.25) is 0 Å². The molecule has 1 saturated heterocycles. The number of likely N-dealkylation sites (tertiary alicyclic amines) is 1. The number of likely N-dealkylation sites (N-methyl/N-ethyl adjacent to an activating group) is 1. The molecular formula is C54H77N5O9S. The summed E-state index contributed by atoms with van der Waals surface area (Å²) < 4.78 is 17.1. The molecule has 9 unspecified atom stereocenters. The maximum atomic E-state index is 13.7. The standard InChI is InChI=1S/C54H77N5O9S/c1-35(2)50(53(65)59-33-42(61)31-46(59)52(64)55-32-37-10-12-38(13-11-37)51-36(3)56-34-69-51)57-48(63)19-23-66-25-27-68-28-26-67-24-22-58(5)21-8-6-7-9-39-29-40-30-41(60)14-15-43(40)44-18-20-54(4)45(49(39)44)16-17-47(54)62/h10-15,30,34,39,42,44-47,49-50,60-62H,1,6-9,16-29,31-33H2,2-5H3,(H,55,64)(H,57,63). The minimum Gasteiger partial charge on any atom is -0.508 e. The second kappa shape index (κ2) is 24.8. The van der Waals surface area contributed by atoms with Crippen LogP contribution in [0.4, 0.5) is 0 Å². The first kappa shape index (κ1) is 52.6. The molecule has 4 aliphatic rings. The minimum atomic E-state index is -1.05. The van der Waals surface area contributed by atoms with Crippen LogP contribution >= 0.6 is 11.3 Å². The number of aliphatic hydroxyl groups is 2. The molecule has 0 spiro atoms. The van der Waals surface area contributed by atoms with Gasteiger partial charge in [-0.3, -0.25) is 14.4 Å². The van der Waals surface area contributed by atoms with E-state index in [1.807, 2.05) is 48.8 Å². The van der Waals surface area contributed by atoms with Gasteiger partial charge in [-0.05, 0) is 141 Å². The number of benzene rings is 2. The Kier molecular flexibility index (Phi) is 18.9. The highest BCUT2D eigenvalue weighted by Crippen LogP contribution is 2.62. The number of ether oxygens (including phenoxy) is 3. The predicted octanol–water partition coefficient (Wildman–Crippen LogP) is 6.54. The number of aliphatic hydroxyl groups excluding tert-OH is 2. The van der Waals surface area contributed by atoms with Gasteiger partial charge in [0.05, 0.1) is 67.9 Å². The number of β-amino-alcohol motifs (C(OH)–C–C–N with tert-alkyl or cyclic N) is 1. The molecule has 2 aromatic carbocycles. The van der Waals surface area contributed by atoms with E-state index in [0.29, 0.717) is 68.0 Å². The van der Waals surface area contributed by atoms with Crippen molar-refractivity contribution in [3.63, 3.8) is 0 Å². The van der Waals surface area contributed by atoms with E-state index < -0.39 is 30.0 Å². The molecule has 2 saturated carbocycles. The van der Waals surface area contributed by atoms with E-state index in [0.717, 1.165) is 73.3 Å². The molecule has 15 heteroatoms. The number of phenolic OH excluding ortho intramolecular Hbond substituents is 1. The predicted molar refractivity (Wildman–Crippen MR) is 268 cm³/mol. The van der Waals surface area contributed by atoms with E-state index in [9.17, 15) is 29.7 Å². The summed E-state index contributed by atoms with van der Waals surface area (Å²) in [5.74, 6) is 1.44. The number of unbranched alkanes of at least 4 members (excludes halogenated alkanes) is 2. The SMILES string of the molecule is C=C(C)C(NC(=O)CCOCCOCCOCCN(C)CCCCCC1Cc2cc(O)ccc2C2CCC3(C)C(O)CCC3C12)C(=O)N1CC(O)CC1C(=O)NCc1ccc(-c2scnc2C)cc1. The number of nitrogens with zero attached hydrogens (tertiary/aromatic N) is 3. The zero-order valence-electron chi connectivity index (χ0n) is 41.3. The van der Waals surface area contributed by atoms with Crippen LogP contribution in [0.3, 0.4) is 0 Å². The van der Waals surface area contributed by atoms with Gasteiger partial charge in [-0.1, -0.05) is 56.7 Å². The number of rotatable bonds is 25. The smallest absolute Gasteiger partial charge is 0.250 e. The number of aromatic nitrogens is 1. The summed E-state index contributed by atoms with van der Waals surface area (Å²) in [6, 6.07) is 12.0. The van der Waals surface area contributed by atoms with E-state index in [2.05, 4.69) is 47.1 Å². The lowest BCUT2D eigenvalue weighted by atomic mass is 9.52. The summed E-state index contributed by atoms with van der Waals surface area (Å²) in [6.45, 7) is 14.3. The Hall–Kier alpha value is -4.22. The van der Waals surface area contributed by atoms with Gasteiger partial charge >= 0.3 is 0 Å². The van der Waals surface area contributed by atoms with E-state index >= 15 is 0 Å². The fourth-order valence-electron chi connectivity index (χ4n) is 11.8. The Morgan fingerprint density at radius 2 is 1.71 bits per heavy atom. The number of phenols is 1. The summed E-state index contributed by atoms with van der Waals surface area (Å²) in [7, 11) is 2.14. The number of thiazole rings is 1. The van der Waals surface area contributed by atoms with Gasteiger partial charge in [0.15, 0.2) is 0 Å². The van der Waals surface area contributed by atoms with Gasteiger partial charge in [0.2, 0.25) is 17.7 Å². The maximum absolute atomic E-state index is 13.7. The number of nitrogens with one attached hydrogen (secondary N) is 2. The third-order valence-electron chi connectivity index (χ3n) is 15.6. The Balaban J connectivity index is 0.711. The highest BCUT2D eigenvalue weighted by molar-refractivity contribution is 7.13. The van der Waals surface area contributed by atoms with Crippen LogP contribution in [-0.4, -0.2) is 138 Å². The normalized spacial score (nSPS) is 25.5. The number of aryl methyl sites for hydroxylation is 1. The van der Waals surface area contributed by atoms with E-state index in [1.54, 1.807) is 18.3 Å². The molecule has 7 rings (SSSR count). The van der Waals surface area contributed by atoms with Crippen LogP contribution in [0.25, 0.3) is 10.4 Å². The molecule has 1 aliphatic heterocycles. The van der Waals surface area contributed by atoms with Gasteiger partial charge in [-0.2, -0.15) is 0 Å². The van der Waals surface area contributed by atoms with Crippen molar-refractivity contribution in [1.82, 2.24) is 25.4 Å². The van der Waals surface area contributed by atoms with Crippen molar-refractivity contribution < 1.29 is 43.9 Å². The average molecular weight is 972 g/mol. The molecule has 9 atom stereocenters. The first-order valence-electron chi connectivity index (χ1n) is 25.4. The van der Waals surface area contributed by atoms with Gasteiger partial charge < -0.3 is 50.0 Å². The summed E-state index contributed by atoms with van der Waals surface area (Å²) in [5.41, 5.74) is 7.97. The third-order valence-corrected chi connectivity index (χ3v) is 16.6. The molecule has 378 valence electrons. The van der Waals surface area contributed by atoms with Crippen molar-refractivity contribution in [2.75, 3.05) is 66.3 Å². The number of amides is 3. The summed E-state index contributed by atoms with van der Waals surface area (Å²) in [5, 5.41) is 37.4. The van der Waals surface area contributed by atoms with Crippen LogP contribution < -0.4 is 10.6 Å². The fraction of sp³-hybridized carbons (Fsp3) is 0.630. The van der Waals surface area contributed by atoms with Gasteiger partial charge in [-0.15, -0.1) is 11.3 Å². The van der Waals surface area contributed by atoms with Crippen LogP contribution in [0.1, 0.15) is 106 Å². The van der Waals surface area contributed by atoms with Crippen molar-refractivity contribution >= 4 is 29.1 Å². The van der Waals surface area contributed by atoms with Gasteiger partial charge in [0.1, 0.15) is 17.8 Å². The second-order valence-corrected chi connectivity index (χ2v) is 21.3. The van der Waals surface area contributed by atoms with Gasteiger partial charge in [0.25, 0.3) is 0 Å². The van der Waals surface area contributed by atoms with Crippen molar-refractivity contribution in [2.45, 2.75) is 128 Å². The molecule has 2 heterocycles. The number of fused-ring (bicyclic) bond motifs is 5. The molecule has 14 nitrogen and oxygen atoms in total. The first-order chi connectivity index (χ1) is 33.2. The van der Waals surface area contributed by atoms with E-state index in [-0.39, 0.29) is 50.0 Å². The van der Waals surface area contributed by atoms with Gasteiger partial charge in [-0.25, -0.2) is 4.98 Å². The van der Waals surface area contributed by atoms with Gasteiger partial charge in [0, 0.05) is 32.5 Å². The number of aromatic hydroxyl groups is 1. The van der Waals surface area contributed by atoms with Crippen molar-refractivity contribution in [1.29, 1.82) is 0 Å². The van der Waals surface area contributed by atoms with Crippen molar-refractivity contribution in [3.05, 3.63) is 82.5 Å². The van der Waals surface area contributed by atoms with Crippen molar-refractivity contribution in [3.8, 4) is 16.2 Å². The largest absolute Gasteiger partial charge is 0.508 e. The van der Waals surface area contributed by atoms with Crippen LogP contribution in [0, 0.1) is 30.1 Å². The summed E-state index contributed by atoms with van der Waals surface area (Å²) >= 11 is 1.57. The van der Waals surface area contributed by atoms with Crippen LogP contribution in [-0.2, 0) is 41.6 Å². The molecule has 0 bridgehead atoms. The van der Waals surface area contributed by atoms with Crippen molar-refractivity contribution in [2.24, 2.45) is 23.2 Å². The Labute approximate surface area is 413 Å². The van der Waals surface area contributed by atoms with Crippen LogP contribution in [0.15, 0.2) is 60.1 Å². The Bertz CT molecular complexity index is 2190. The highest BCUT2D eigenvalue weighted by atomic mass is 32.1. The Morgan fingerprint density at radius 3 is 2.43 bits per heavy atom. The second-order valence-electron chi connectivity index (χ2n) is 20.4. The molecule has 3 aliphatic carbocycles. The molecule has 69 heavy (non-hydrogen) atoms. The molecular weight excluding hydrogens is 895 g/mol. The first-order valence-corrected chi connectivity index (χ1v) is 26.2. The topological polar surface area (TPSA) is 183 Å². The molecule has 3 fully saturated rings. The lowest BCUT2D eigenvalue weighted by molar-refractivity contribution is -0.140. The maximum Gasteiger partial charge on any atom is 0.250 e. The van der Waals surface area contributed by atoms with E-state index in [4.69, 9.17) is 14.2 Å². The van der Waals surface area contributed by atoms with Crippen LogP contribution in [0.5, 0.6) is 5.75 Å². The molecule has 1 aromatic heterocycles. The Morgan fingerprint density at radius 1 is 0.971 bits per heavy atom. The summed E-state index contributed by atoms with van der Waals surface area (Å²) in [4.78, 5) is 49.0. The quantitative estimate of drug-likeness (QED) is 0.0460. The number of hydrogen-bond donors (Lipinski definition) is 5. The molecule has 0 radical (unpaired) electrons. The number of carbonyl (C=O) groups is 3. The summed E-state index contributed by atoms with van der Waals surface area (Å²) in [6.07, 6.45) is 9.13.